The quantitative estimate of drug-likeness (QED) is 0.136. The zero-order chi connectivity index (χ0) is 100. The fourth-order valence-electron chi connectivity index (χ4n) is 25.0. The Kier molecular flexibility index (Phi) is 29.4. The van der Waals surface area contributed by atoms with Gasteiger partial charge in [0.15, 0.2) is 29.0 Å². The maximum atomic E-state index is 12.9. The molecule has 20 rings (SSSR count). The van der Waals surface area contributed by atoms with Gasteiger partial charge in [0.1, 0.15) is 53.0 Å². The van der Waals surface area contributed by atoms with E-state index in [2.05, 4.69) is 107 Å². The molecule has 24 nitrogen and oxygen atoms in total. The van der Waals surface area contributed by atoms with Crippen LogP contribution in [0.5, 0.6) is 0 Å². The first-order chi connectivity index (χ1) is 67.4. The van der Waals surface area contributed by atoms with Gasteiger partial charge in [0.05, 0.1) is 74.4 Å². The van der Waals surface area contributed by atoms with Gasteiger partial charge >= 0.3 is 12.2 Å². The van der Waals surface area contributed by atoms with Crippen LogP contribution in [0.25, 0.3) is 50.6 Å². The maximum Gasteiger partial charge on any atom is 0.410 e. The summed E-state index contributed by atoms with van der Waals surface area (Å²) in [6, 6.07) is 49.5. The molecule has 3 amide bonds. The average molecular weight is 1920 g/mol. The van der Waals surface area contributed by atoms with E-state index >= 15 is 0 Å². The van der Waals surface area contributed by atoms with Crippen molar-refractivity contribution in [1.29, 1.82) is 21.0 Å². The number of ketones is 4. The second-order valence-electron chi connectivity index (χ2n) is 43.7. The molecule has 9 aliphatic carbocycles. The number of fused-ring (bicyclic) bond motifs is 12. The lowest BCUT2D eigenvalue weighted by Crippen LogP contribution is -3.00. The summed E-state index contributed by atoms with van der Waals surface area (Å²) < 4.78 is 11.2. The van der Waals surface area contributed by atoms with E-state index in [1.165, 1.54) is 24.8 Å². The molecule has 0 N–H and O–H groups in total. The summed E-state index contributed by atoms with van der Waals surface area (Å²) >= 11 is 0. The number of carbonyl (C=O) groups excluding carboxylic acids is 7. The molecule has 0 unspecified atom stereocenters. The van der Waals surface area contributed by atoms with Gasteiger partial charge in [-0.05, 0) is 162 Å². The molecule has 3 aliphatic heterocycles. The molecule has 4 aromatic heterocycles. The Morgan fingerprint density at radius 2 is 0.648 bits per heavy atom. The minimum Gasteiger partial charge on any atom is -1.00 e. The van der Waals surface area contributed by atoms with Crippen LogP contribution < -0.4 is 12.4 Å². The molecule has 4 aromatic carbocycles. The maximum absolute atomic E-state index is 12.9. The Labute approximate surface area is 841 Å². The second-order valence-corrected chi connectivity index (χ2v) is 43.7. The number of nitriles is 4. The van der Waals surface area contributed by atoms with Gasteiger partial charge in [-0.25, -0.2) is 49.5 Å². The van der Waals surface area contributed by atoms with Gasteiger partial charge in [-0.2, -0.15) is 21.0 Å². The lowest BCUT2D eigenvalue weighted by atomic mass is 9.57. The van der Waals surface area contributed by atoms with E-state index in [-0.39, 0.29) is 135 Å². The van der Waals surface area contributed by atoms with Crippen LogP contribution in [0, 0.1) is 92.7 Å². The summed E-state index contributed by atoms with van der Waals surface area (Å²) in [5, 5.41) is 38.8. The number of hydrogen-bond acceptors (Lipinski definition) is 21. The molecule has 2 saturated heterocycles. The van der Waals surface area contributed by atoms with Crippen LogP contribution in [0.4, 0.5) is 9.59 Å². The van der Waals surface area contributed by atoms with Crippen LogP contribution in [0.2, 0.25) is 0 Å². The number of ether oxygens (including phenoxy) is 2. The number of likely N-dealkylation sites (tertiary alicyclic amines) is 2. The summed E-state index contributed by atoms with van der Waals surface area (Å²) in [7, 11) is 0. The van der Waals surface area contributed by atoms with E-state index in [9.17, 15) is 54.6 Å². The molecule has 8 aromatic rings. The normalized spacial score (nSPS) is 26.1. The van der Waals surface area contributed by atoms with Crippen molar-refractivity contribution < 1.29 is 55.4 Å². The van der Waals surface area contributed by atoms with E-state index in [0.29, 0.717) is 57.4 Å². The highest BCUT2D eigenvalue weighted by Gasteiger charge is 2.56. The monoisotopic (exact) mass is 1920 g/mol. The number of allylic oxidation sites excluding steroid dienone is 8. The largest absolute Gasteiger partial charge is 1.00 e. The van der Waals surface area contributed by atoms with Crippen molar-refractivity contribution in [3.8, 4) is 69.3 Å². The zero-order valence-electron chi connectivity index (χ0n) is 84.5. The minimum atomic E-state index is -0.579. The SMILES string of the molecule is CC(=O)N1CCC(c2nc(-c3ccccc3)c3c(n2)[C@]2(C)C=C(C#N)C(=O)[C@H](C)[C@H]2CC3)CC1.C[C@H]1C(=O)C(C#N)=C[C@@]2(C)c3nc(C4=CCCN(C(=O)OC(C)(C)C)C4)nc(-c4ccccc4)c3CC[C@H]12.C[C@H]1C(=O)C(C#N)=C[C@@]2(C)c3nc(C4CCCCC4)nc(-c4ccccc4)c3CC[C@H]12.C[C@H]1C(=O)C(C#N)=C[C@@]2(C)c3nc(C4CCN(C(=O)OC(C)(C)C)CC4)nc(-c4ccccc4)c3CC[C@H]12.[Cl-]. The van der Waals surface area contributed by atoms with E-state index in [1.54, 1.807) is 16.7 Å². The van der Waals surface area contributed by atoms with Crippen LogP contribution in [0.1, 0.15) is 280 Å². The molecular weight excluding hydrogens is 1790 g/mol. The Balaban J connectivity index is 0.000000136. The third-order valence-corrected chi connectivity index (χ3v) is 32.5. The number of Topliss-reactive ketones (excluding diaryl/α,β-unsaturated/α-hetero) is 4. The van der Waals surface area contributed by atoms with Gasteiger partial charge in [-0.3, -0.25) is 24.0 Å². The molecule has 0 radical (unpaired) electrons. The fourth-order valence-corrected chi connectivity index (χ4v) is 25.0. The second kappa shape index (κ2) is 41.0. The number of rotatable bonds is 8. The number of halogens is 1. The predicted octanol–water partition coefficient (Wildman–Crippen LogP) is 18.4. The van der Waals surface area contributed by atoms with Gasteiger partial charge in [0, 0.05) is 153 Å². The number of carbonyl (C=O) groups is 7. The van der Waals surface area contributed by atoms with Crippen molar-refractivity contribution in [3.63, 3.8) is 0 Å². The van der Waals surface area contributed by atoms with E-state index in [1.807, 2.05) is 171 Å². The number of benzene rings is 4. The minimum absolute atomic E-state index is 0. The summed E-state index contributed by atoms with van der Waals surface area (Å²) in [5.74, 6) is 3.24. The number of nitrogens with zero attached hydrogens (tertiary/aromatic N) is 15. The van der Waals surface area contributed by atoms with Crippen LogP contribution >= 0.6 is 0 Å². The predicted molar refractivity (Wildman–Crippen MR) is 538 cm³/mol. The molecule has 142 heavy (non-hydrogen) atoms. The molecule has 3 fully saturated rings. The third-order valence-electron chi connectivity index (χ3n) is 32.5. The zero-order valence-corrected chi connectivity index (χ0v) is 85.3. The standard InChI is InChI=1S/C31H34N4O3.C31H36N4O3.C28H30N4O2.C27H29N3O.ClH/c1-19-24-14-13-23-25(20-10-7-6-8-11-20)33-28(34-27(23)31(24,5)16-22(17-32)26(19)36)21-12-9-15-35(18-21)29(37)38-30(2,3)4;1-19-24-12-11-23-25(20-9-7-6-8-10-20)33-28(34-27(23)31(24,5)17-22(18-32)26(19)36)21-13-15-35(16-14-21)29(37)38-30(2,3)4;1-17-23-10-9-22-24(19-7-5-4-6-8-19)30-27(20-11-13-32(14-12-20)18(2)33)31-26(22)28(23,3)15-21(16-29)25(17)34;1-17-22-14-13-21-23(18-9-5-3-6-10-18)29-26(19-11-7-4-8-12-19)30-25(21)27(22,2)15-20(16-28)24(17)31;/h6-8,10-12,16,19,24H,9,13-15,18H2,1-5H3;6-10,17,19,21,24H,11-16H2,1-5H3;4-8,15,17,20,23H,9-14H2,1-3H3;3,5-6,9-10,15,17,19,22H,4,7-8,11-14H2,1-2H3;1H/p-1/t2*19-,24-,31-;17-,23-,28-;17-,22-,27-;/m1111./s1. The third kappa shape index (κ3) is 19.8. The first-order valence-electron chi connectivity index (χ1n) is 50.9. The van der Waals surface area contributed by atoms with Crippen molar-refractivity contribution in [2.45, 2.75) is 270 Å². The van der Waals surface area contributed by atoms with E-state index in [0.717, 1.165) is 197 Å². The Morgan fingerprint density at radius 1 is 0.366 bits per heavy atom. The van der Waals surface area contributed by atoms with Crippen LogP contribution in [0.3, 0.4) is 0 Å². The van der Waals surface area contributed by atoms with Crippen molar-refractivity contribution in [1.82, 2.24) is 54.6 Å². The summed E-state index contributed by atoms with van der Waals surface area (Å²) in [4.78, 5) is 135. The number of hydrogen-bond donors (Lipinski definition) is 0. The Morgan fingerprint density at radius 3 is 0.944 bits per heavy atom. The lowest BCUT2D eigenvalue weighted by Gasteiger charge is -2.46. The number of piperidine rings is 2. The van der Waals surface area contributed by atoms with Gasteiger partial charge in [0.25, 0.3) is 0 Å². The summed E-state index contributed by atoms with van der Waals surface area (Å²) in [5.41, 5.74) is 15.1. The number of aromatic nitrogens is 8. The molecule has 1 saturated carbocycles. The molecule has 734 valence electrons. The molecule has 0 spiro atoms. The first kappa shape index (κ1) is 102. The van der Waals surface area contributed by atoms with Crippen molar-refractivity contribution >= 4 is 46.8 Å². The average Bonchev–Trinajstić information content (AvgIpc) is 0.731. The van der Waals surface area contributed by atoms with Gasteiger partial charge in [0.2, 0.25) is 5.91 Å². The lowest BCUT2D eigenvalue weighted by molar-refractivity contribution is -0.130. The summed E-state index contributed by atoms with van der Waals surface area (Å²) in [6.45, 7) is 32.8. The van der Waals surface area contributed by atoms with Gasteiger partial charge in [-0.1, -0.05) is 226 Å². The molecule has 25 heteroatoms. The topological polar surface area (TPSA) is 346 Å². The van der Waals surface area contributed by atoms with Crippen molar-refractivity contribution in [3.05, 3.63) is 242 Å². The highest BCUT2D eigenvalue weighted by Crippen LogP contribution is 2.57. The molecule has 12 aliphatic rings. The molecule has 12 atom stereocenters. The van der Waals surface area contributed by atoms with E-state index < -0.39 is 32.9 Å². The van der Waals surface area contributed by atoms with Crippen molar-refractivity contribution in [2.75, 3.05) is 39.3 Å². The molecular formula is C117H129ClN15O9-. The van der Waals surface area contributed by atoms with Crippen LogP contribution in [-0.2, 0) is 80.8 Å². The Hall–Kier alpha value is -13.2. The molecule has 7 heterocycles. The summed E-state index contributed by atoms with van der Waals surface area (Å²) in [6.07, 6.45) is 25.6. The highest BCUT2D eigenvalue weighted by atomic mass is 35.5. The first-order valence-corrected chi connectivity index (χ1v) is 50.9. The van der Waals surface area contributed by atoms with E-state index in [4.69, 9.17) is 49.3 Å². The van der Waals surface area contributed by atoms with Crippen molar-refractivity contribution in [2.24, 2.45) is 47.3 Å². The molecule has 0 bridgehead atoms. The van der Waals surface area contributed by atoms with Crippen LogP contribution in [0.15, 0.2) is 174 Å². The Bertz CT molecular complexity index is 6630. The van der Waals surface area contributed by atoms with Gasteiger partial charge in [-0.15, -0.1) is 0 Å². The fraction of sp³-hybridized carbons (Fsp3) is 0.479. The smallest absolute Gasteiger partial charge is 0.410 e. The van der Waals surface area contributed by atoms with Crippen LogP contribution in [-0.4, -0.2) is 146 Å². The van der Waals surface area contributed by atoms with Gasteiger partial charge < -0.3 is 36.6 Å². The highest BCUT2D eigenvalue weighted by molar-refractivity contribution is 6.04. The number of amides is 3.